The Morgan fingerprint density at radius 2 is 1.89 bits per heavy atom. The molecule has 0 saturated carbocycles. The normalized spacial score (nSPS) is 14.1. The lowest BCUT2D eigenvalue weighted by atomic mass is 9.96. The largest absolute Gasteiger partial charge is 0.494 e. The number of nitrogens with one attached hydrogen (secondary N) is 2. The molecule has 3 aromatic rings. The number of aromatic hydroxyl groups is 1. The quantitative estimate of drug-likeness (QED) is 0.605. The third-order valence-electron chi connectivity index (χ3n) is 4.28. The highest BCUT2D eigenvalue weighted by Gasteiger charge is 2.25. The summed E-state index contributed by atoms with van der Waals surface area (Å²) in [6, 6.07) is 15.2. The van der Waals surface area contributed by atoms with Crippen LogP contribution in [0.5, 0.6) is 11.6 Å². The molecule has 2 aromatic carbocycles. The minimum Gasteiger partial charge on any atom is -0.494 e. The number of allylic oxidation sites excluding steroid dienone is 1. The van der Waals surface area contributed by atoms with E-state index >= 15 is 0 Å². The second-order valence-corrected chi connectivity index (χ2v) is 6.32. The second kappa shape index (κ2) is 6.69. The number of para-hydroxylation sites is 1. The predicted octanol–water partition coefficient (Wildman–Crippen LogP) is 3.82. The van der Waals surface area contributed by atoms with Crippen molar-refractivity contribution in [1.82, 2.24) is 9.97 Å². The Hall–Kier alpha value is -3.45. The van der Waals surface area contributed by atoms with Gasteiger partial charge in [-0.25, -0.2) is 4.99 Å². The Kier molecular flexibility index (Phi) is 4.21. The first-order chi connectivity index (χ1) is 13.1. The smallest absolute Gasteiger partial charge is 0.262 e. The Bertz CT molecular complexity index is 1210. The van der Waals surface area contributed by atoms with Crippen LogP contribution in [-0.2, 0) is 0 Å². The Morgan fingerprint density at radius 3 is 2.59 bits per heavy atom. The van der Waals surface area contributed by atoms with Gasteiger partial charge < -0.3 is 14.8 Å². The molecule has 0 aliphatic carbocycles. The standard InChI is InChI=1S/C20H15N3O3S/c1-26-15-9-5-8-12-13(10-14-18(24)22-20(27)23-19(14)25)16(21-17(12)15)11-6-3-2-4-7-11/h2-10H,1H3,(H3,22,23,24,25,27). The molecule has 0 unspecified atom stereocenters. The fourth-order valence-electron chi connectivity index (χ4n) is 3.04. The number of nitrogens with zero attached hydrogens (tertiary/aromatic N) is 1. The molecule has 0 fully saturated rings. The molecule has 1 aliphatic heterocycles. The summed E-state index contributed by atoms with van der Waals surface area (Å²) in [5.74, 6) is 0.343. The number of H-pyrrole nitrogens is 2. The van der Waals surface area contributed by atoms with E-state index in [4.69, 9.17) is 21.9 Å². The van der Waals surface area contributed by atoms with Crippen molar-refractivity contribution in [3.05, 3.63) is 80.3 Å². The molecule has 27 heavy (non-hydrogen) atoms. The minimum absolute atomic E-state index is 0.0603. The number of aliphatic imine (C=N–C) groups is 1. The summed E-state index contributed by atoms with van der Waals surface area (Å²) in [6.45, 7) is 0. The lowest BCUT2D eigenvalue weighted by molar-refractivity contribution is 0.416. The van der Waals surface area contributed by atoms with Gasteiger partial charge in [0, 0.05) is 16.7 Å². The molecular formula is C20H15N3O3S. The van der Waals surface area contributed by atoms with E-state index in [-0.39, 0.29) is 16.2 Å². The van der Waals surface area contributed by atoms with Gasteiger partial charge in [0.15, 0.2) is 4.77 Å². The van der Waals surface area contributed by atoms with Crippen LogP contribution in [0.3, 0.4) is 0 Å². The number of hydrogen-bond acceptors (Lipinski definition) is 5. The van der Waals surface area contributed by atoms with E-state index in [1.807, 2.05) is 48.5 Å². The minimum atomic E-state index is -0.479. The van der Waals surface area contributed by atoms with E-state index in [2.05, 4.69) is 9.97 Å². The van der Waals surface area contributed by atoms with Gasteiger partial charge in [-0.05, 0) is 24.4 Å². The molecule has 0 amide bonds. The van der Waals surface area contributed by atoms with Gasteiger partial charge >= 0.3 is 0 Å². The maximum absolute atomic E-state index is 12.3. The molecule has 0 saturated heterocycles. The highest BCUT2D eigenvalue weighted by atomic mass is 32.1. The number of aromatic nitrogens is 2. The number of benzene rings is 2. The topological polar surface area (TPSA) is 90.5 Å². The van der Waals surface area contributed by atoms with Crippen LogP contribution < -0.4 is 10.3 Å². The summed E-state index contributed by atoms with van der Waals surface area (Å²) >= 11 is 4.89. The van der Waals surface area contributed by atoms with Crippen LogP contribution in [0, 0.1) is 4.77 Å². The second-order valence-electron chi connectivity index (χ2n) is 5.91. The number of aromatic amines is 2. The van der Waals surface area contributed by atoms with Gasteiger partial charge in [0.2, 0.25) is 5.88 Å². The summed E-state index contributed by atoms with van der Waals surface area (Å²) in [5, 5.41) is 10.2. The molecule has 1 aliphatic rings. The monoisotopic (exact) mass is 377 g/mol. The zero-order chi connectivity index (χ0) is 19.0. The summed E-state index contributed by atoms with van der Waals surface area (Å²) in [4.78, 5) is 22.1. The molecule has 0 atom stereocenters. The maximum Gasteiger partial charge on any atom is 0.262 e. The molecule has 0 radical (unpaired) electrons. The van der Waals surface area contributed by atoms with Crippen LogP contribution in [0.15, 0.2) is 58.3 Å². The average Bonchev–Trinajstić information content (AvgIpc) is 3.04. The van der Waals surface area contributed by atoms with E-state index in [1.165, 1.54) is 0 Å². The summed E-state index contributed by atoms with van der Waals surface area (Å²) < 4.78 is 5.49. The van der Waals surface area contributed by atoms with E-state index in [1.54, 1.807) is 13.2 Å². The van der Waals surface area contributed by atoms with Crippen molar-refractivity contribution < 1.29 is 9.84 Å². The average molecular weight is 377 g/mol. The van der Waals surface area contributed by atoms with Crippen LogP contribution in [-0.4, -0.2) is 27.9 Å². The molecule has 4 rings (SSSR count). The lowest BCUT2D eigenvalue weighted by Gasteiger charge is -2.07. The highest BCUT2D eigenvalue weighted by Crippen LogP contribution is 2.43. The van der Waals surface area contributed by atoms with Gasteiger partial charge in [-0.1, -0.05) is 42.5 Å². The fraction of sp³-hybridized carbons (Fsp3) is 0.0500. The Balaban J connectivity index is 1.99. The molecule has 7 heteroatoms. The number of rotatable bonds is 3. The van der Waals surface area contributed by atoms with Crippen LogP contribution in [0.25, 0.3) is 11.6 Å². The number of hydrogen-bond donors (Lipinski definition) is 3. The first-order valence-electron chi connectivity index (χ1n) is 8.17. The van der Waals surface area contributed by atoms with E-state index < -0.39 is 5.56 Å². The third-order valence-corrected chi connectivity index (χ3v) is 4.49. The predicted molar refractivity (Wildman–Crippen MR) is 107 cm³/mol. The fourth-order valence-corrected chi connectivity index (χ4v) is 3.23. The first kappa shape index (κ1) is 17.0. The van der Waals surface area contributed by atoms with Crippen molar-refractivity contribution >= 4 is 35.3 Å². The van der Waals surface area contributed by atoms with E-state index in [0.29, 0.717) is 22.7 Å². The van der Waals surface area contributed by atoms with Crippen molar-refractivity contribution in [1.29, 1.82) is 0 Å². The molecular weight excluding hydrogens is 362 g/mol. The van der Waals surface area contributed by atoms with Crippen LogP contribution in [0.1, 0.15) is 16.7 Å². The summed E-state index contributed by atoms with van der Waals surface area (Å²) in [5.41, 5.74) is 3.39. The molecule has 2 heterocycles. The van der Waals surface area contributed by atoms with Gasteiger partial charge in [0.05, 0.1) is 12.8 Å². The van der Waals surface area contributed by atoms with Crippen molar-refractivity contribution in [3.8, 4) is 11.6 Å². The van der Waals surface area contributed by atoms with Crippen molar-refractivity contribution in [2.24, 2.45) is 4.99 Å². The van der Waals surface area contributed by atoms with Gasteiger partial charge in [-0.3, -0.25) is 9.78 Å². The molecule has 3 N–H and O–H groups in total. The van der Waals surface area contributed by atoms with Crippen molar-refractivity contribution in [2.45, 2.75) is 0 Å². The zero-order valence-corrected chi connectivity index (χ0v) is 15.1. The van der Waals surface area contributed by atoms with Crippen molar-refractivity contribution in [2.75, 3.05) is 7.11 Å². The summed E-state index contributed by atoms with van der Waals surface area (Å²) in [7, 11) is 1.59. The van der Waals surface area contributed by atoms with Crippen molar-refractivity contribution in [3.63, 3.8) is 0 Å². The molecule has 6 nitrogen and oxygen atoms in total. The molecule has 0 spiro atoms. The van der Waals surface area contributed by atoms with Gasteiger partial charge in [0.25, 0.3) is 5.56 Å². The number of fused-ring (bicyclic) bond motifs is 1. The molecule has 134 valence electrons. The number of methoxy groups -OCH3 is 1. The van der Waals surface area contributed by atoms with Gasteiger partial charge in [-0.15, -0.1) is 0 Å². The Morgan fingerprint density at radius 1 is 1.11 bits per heavy atom. The Labute approximate surface area is 159 Å². The van der Waals surface area contributed by atoms with E-state index in [0.717, 1.165) is 11.1 Å². The van der Waals surface area contributed by atoms with Crippen LogP contribution >= 0.6 is 12.2 Å². The van der Waals surface area contributed by atoms with E-state index in [9.17, 15) is 9.90 Å². The van der Waals surface area contributed by atoms with Gasteiger partial charge in [-0.2, -0.15) is 0 Å². The third kappa shape index (κ3) is 2.98. The highest BCUT2D eigenvalue weighted by molar-refractivity contribution is 7.71. The zero-order valence-electron chi connectivity index (χ0n) is 14.3. The number of ether oxygens (including phenoxy) is 1. The SMILES string of the molecule is COc1cccc2c1N=C(c1ccccc1)C2=Cc1c(O)[nH]c(=S)[nH]c1=O. The lowest BCUT2D eigenvalue weighted by Crippen LogP contribution is -2.12. The maximum atomic E-state index is 12.3. The van der Waals surface area contributed by atoms with Gasteiger partial charge in [0.1, 0.15) is 17.0 Å². The van der Waals surface area contributed by atoms with Crippen LogP contribution in [0.2, 0.25) is 0 Å². The summed E-state index contributed by atoms with van der Waals surface area (Å²) in [6.07, 6.45) is 1.61. The first-order valence-corrected chi connectivity index (χ1v) is 8.58. The molecule has 0 bridgehead atoms. The molecule has 1 aromatic heterocycles. The van der Waals surface area contributed by atoms with Crippen LogP contribution in [0.4, 0.5) is 5.69 Å².